The summed E-state index contributed by atoms with van der Waals surface area (Å²) in [6.45, 7) is 3.01. The molecule has 2 bridgehead atoms. The summed E-state index contributed by atoms with van der Waals surface area (Å²) in [5.41, 5.74) is 2.07. The molecule has 2 fully saturated rings. The van der Waals surface area contributed by atoms with Crippen LogP contribution in [0.25, 0.3) is 11.3 Å². The number of fused-ring (bicyclic) bond motifs is 2. The molecule has 2 heterocycles. The van der Waals surface area contributed by atoms with E-state index in [1.165, 1.54) is 0 Å². The van der Waals surface area contributed by atoms with Crippen LogP contribution in [0.2, 0.25) is 0 Å². The first-order valence-corrected chi connectivity index (χ1v) is 7.77. The number of hydrogen-bond donors (Lipinski definition) is 2. The van der Waals surface area contributed by atoms with Crippen molar-refractivity contribution in [3.05, 3.63) is 41.9 Å². The molecule has 0 spiro atoms. The summed E-state index contributed by atoms with van der Waals surface area (Å²) in [6, 6.07) is 8.72. The average Bonchev–Trinajstić information content (AvgIpc) is 3.24. The van der Waals surface area contributed by atoms with Crippen molar-refractivity contribution in [1.82, 2.24) is 15.6 Å². The van der Waals surface area contributed by atoms with Crippen molar-refractivity contribution in [1.29, 1.82) is 0 Å². The van der Waals surface area contributed by atoms with Gasteiger partial charge >= 0.3 is 5.91 Å². The molecule has 1 aliphatic heterocycles. The highest BCUT2D eigenvalue weighted by Gasteiger charge is 2.40. The van der Waals surface area contributed by atoms with Gasteiger partial charge in [-0.15, -0.1) is 0 Å². The van der Waals surface area contributed by atoms with Gasteiger partial charge in [0.1, 0.15) is 0 Å². The number of nitrogens with zero attached hydrogens (tertiary/aromatic N) is 1. The van der Waals surface area contributed by atoms with Gasteiger partial charge in [0, 0.05) is 24.2 Å². The number of rotatable bonds is 3. The van der Waals surface area contributed by atoms with Gasteiger partial charge in [-0.1, -0.05) is 24.3 Å². The van der Waals surface area contributed by atoms with Gasteiger partial charge in [-0.25, -0.2) is 4.98 Å². The Kier molecular flexibility index (Phi) is 3.22. The number of oxazole rings is 1. The normalized spacial score (nSPS) is 26.3. The van der Waals surface area contributed by atoms with Crippen LogP contribution in [-0.2, 0) is 0 Å². The molecule has 2 aromatic rings. The fourth-order valence-corrected chi connectivity index (χ4v) is 3.60. The van der Waals surface area contributed by atoms with Crippen molar-refractivity contribution in [2.24, 2.45) is 5.92 Å². The molecule has 3 atom stereocenters. The van der Waals surface area contributed by atoms with Gasteiger partial charge in [0.2, 0.25) is 0 Å². The van der Waals surface area contributed by atoms with E-state index in [1.807, 2.05) is 31.2 Å². The first kappa shape index (κ1) is 13.5. The molecule has 5 nitrogen and oxygen atoms in total. The largest absolute Gasteiger partial charge is 0.432 e. The maximum Gasteiger partial charge on any atom is 0.307 e. The second-order valence-corrected chi connectivity index (χ2v) is 6.26. The van der Waals surface area contributed by atoms with Crippen LogP contribution in [0, 0.1) is 12.8 Å². The topological polar surface area (TPSA) is 67.2 Å². The fraction of sp³-hybridized carbons (Fsp3) is 0.412. The maximum absolute atomic E-state index is 12.3. The van der Waals surface area contributed by atoms with E-state index < -0.39 is 0 Å². The quantitative estimate of drug-likeness (QED) is 0.911. The molecule has 3 unspecified atom stereocenters. The third-order valence-corrected chi connectivity index (χ3v) is 4.79. The number of hydrogen-bond acceptors (Lipinski definition) is 4. The molecule has 4 rings (SSSR count). The minimum Gasteiger partial charge on any atom is -0.432 e. The molecule has 1 saturated carbocycles. The van der Waals surface area contributed by atoms with Crippen LogP contribution >= 0.6 is 0 Å². The Balaban J connectivity index is 1.49. The summed E-state index contributed by atoms with van der Waals surface area (Å²) < 4.78 is 5.66. The van der Waals surface area contributed by atoms with Crippen LogP contribution in [0.4, 0.5) is 0 Å². The number of carbonyl (C=O) groups is 1. The zero-order valence-electron chi connectivity index (χ0n) is 12.5. The standard InChI is InChI=1S/C17H19N3O2/c1-10-4-2-3-5-13(10)15-9-19-17(22-15)16(21)20-14-7-12-6-11(14)8-18-12/h2-5,9,11-12,14,18H,6-8H2,1H3,(H,20,21). The average molecular weight is 297 g/mol. The van der Waals surface area contributed by atoms with Crippen molar-refractivity contribution in [2.75, 3.05) is 6.54 Å². The van der Waals surface area contributed by atoms with E-state index in [0.717, 1.165) is 30.5 Å². The molecule has 1 amide bonds. The maximum atomic E-state index is 12.3. The molecule has 2 aliphatic rings. The van der Waals surface area contributed by atoms with Crippen LogP contribution in [0.15, 0.2) is 34.9 Å². The summed E-state index contributed by atoms with van der Waals surface area (Å²) in [7, 11) is 0. The summed E-state index contributed by atoms with van der Waals surface area (Å²) in [5.74, 6) is 1.11. The second kappa shape index (κ2) is 5.25. The Morgan fingerprint density at radius 2 is 2.23 bits per heavy atom. The smallest absolute Gasteiger partial charge is 0.307 e. The molecule has 1 aliphatic carbocycles. The highest BCUT2D eigenvalue weighted by molar-refractivity contribution is 5.90. The molecule has 1 saturated heterocycles. The van der Waals surface area contributed by atoms with E-state index in [0.29, 0.717) is 17.7 Å². The van der Waals surface area contributed by atoms with Crippen LogP contribution in [0.3, 0.4) is 0 Å². The van der Waals surface area contributed by atoms with E-state index in [9.17, 15) is 4.79 Å². The molecule has 114 valence electrons. The first-order valence-electron chi connectivity index (χ1n) is 7.77. The van der Waals surface area contributed by atoms with E-state index in [1.54, 1.807) is 6.20 Å². The summed E-state index contributed by atoms with van der Waals surface area (Å²) in [5, 5.41) is 6.51. The molecule has 22 heavy (non-hydrogen) atoms. The highest BCUT2D eigenvalue weighted by Crippen LogP contribution is 2.31. The number of nitrogens with one attached hydrogen (secondary N) is 2. The lowest BCUT2D eigenvalue weighted by Crippen LogP contribution is -2.44. The van der Waals surface area contributed by atoms with Gasteiger partial charge in [-0.05, 0) is 31.2 Å². The zero-order valence-corrected chi connectivity index (χ0v) is 12.5. The Hall–Kier alpha value is -2.14. The van der Waals surface area contributed by atoms with Gasteiger partial charge in [0.05, 0.1) is 6.20 Å². The lowest BCUT2D eigenvalue weighted by Gasteiger charge is -2.22. The Bertz CT molecular complexity index is 709. The third-order valence-electron chi connectivity index (χ3n) is 4.79. The van der Waals surface area contributed by atoms with Crippen LogP contribution in [0.1, 0.15) is 29.1 Å². The molecule has 1 aromatic carbocycles. The minimum absolute atomic E-state index is 0.147. The Labute approximate surface area is 129 Å². The summed E-state index contributed by atoms with van der Waals surface area (Å²) in [4.78, 5) is 16.5. The number of carbonyl (C=O) groups excluding carboxylic acids is 1. The monoisotopic (exact) mass is 297 g/mol. The van der Waals surface area contributed by atoms with E-state index >= 15 is 0 Å². The number of aromatic nitrogens is 1. The van der Waals surface area contributed by atoms with E-state index in [-0.39, 0.29) is 17.8 Å². The predicted molar refractivity (Wildman–Crippen MR) is 82.4 cm³/mol. The number of piperidine rings is 1. The summed E-state index contributed by atoms with van der Waals surface area (Å²) in [6.07, 6.45) is 3.78. The van der Waals surface area contributed by atoms with Gasteiger partial charge in [-0.3, -0.25) is 4.79 Å². The zero-order chi connectivity index (χ0) is 15.1. The van der Waals surface area contributed by atoms with Crippen molar-refractivity contribution >= 4 is 5.91 Å². The van der Waals surface area contributed by atoms with Crippen LogP contribution in [0.5, 0.6) is 0 Å². The fourth-order valence-electron chi connectivity index (χ4n) is 3.60. The molecule has 0 radical (unpaired) electrons. The molecule has 2 N–H and O–H groups in total. The second-order valence-electron chi connectivity index (χ2n) is 6.26. The van der Waals surface area contributed by atoms with Crippen molar-refractivity contribution in [3.8, 4) is 11.3 Å². The molecule has 1 aromatic heterocycles. The van der Waals surface area contributed by atoms with Gasteiger partial charge in [0.15, 0.2) is 5.76 Å². The third kappa shape index (κ3) is 2.31. The number of amides is 1. The first-order chi connectivity index (χ1) is 10.7. The Morgan fingerprint density at radius 3 is 2.95 bits per heavy atom. The Morgan fingerprint density at radius 1 is 1.36 bits per heavy atom. The van der Waals surface area contributed by atoms with Gasteiger partial charge in [0.25, 0.3) is 5.89 Å². The van der Waals surface area contributed by atoms with Crippen LogP contribution in [-0.4, -0.2) is 29.5 Å². The minimum atomic E-state index is -0.211. The van der Waals surface area contributed by atoms with E-state index in [4.69, 9.17) is 4.42 Å². The highest BCUT2D eigenvalue weighted by atomic mass is 16.4. The van der Waals surface area contributed by atoms with E-state index in [2.05, 4.69) is 15.6 Å². The van der Waals surface area contributed by atoms with Gasteiger partial charge in [-0.2, -0.15) is 0 Å². The lowest BCUT2D eigenvalue weighted by molar-refractivity contribution is 0.0890. The van der Waals surface area contributed by atoms with Crippen molar-refractivity contribution < 1.29 is 9.21 Å². The van der Waals surface area contributed by atoms with Crippen molar-refractivity contribution in [3.63, 3.8) is 0 Å². The van der Waals surface area contributed by atoms with Crippen LogP contribution < -0.4 is 10.6 Å². The lowest BCUT2D eigenvalue weighted by atomic mass is 10.0. The SMILES string of the molecule is Cc1ccccc1-c1cnc(C(=O)NC2CC3CC2CN3)o1. The molecular weight excluding hydrogens is 278 g/mol. The number of benzene rings is 1. The predicted octanol–water partition coefficient (Wildman–Crippen LogP) is 2.13. The van der Waals surface area contributed by atoms with Gasteiger partial charge < -0.3 is 15.1 Å². The van der Waals surface area contributed by atoms with Crippen molar-refractivity contribution in [2.45, 2.75) is 31.8 Å². The summed E-state index contributed by atoms with van der Waals surface area (Å²) >= 11 is 0. The molecular formula is C17H19N3O2. The molecule has 5 heteroatoms. The number of aryl methyl sites for hydroxylation is 1.